The average Bonchev–Trinajstić information content (AvgIpc) is 2.88. The highest BCUT2D eigenvalue weighted by atomic mass is 16.5. The van der Waals surface area contributed by atoms with Gasteiger partial charge in [0.25, 0.3) is 5.91 Å². The number of nitrogens with zero attached hydrogens (tertiary/aromatic N) is 2. The molecule has 8 heteroatoms. The van der Waals surface area contributed by atoms with Gasteiger partial charge in [-0.25, -0.2) is 4.99 Å². The number of ether oxygens (including phenoxy) is 2. The summed E-state index contributed by atoms with van der Waals surface area (Å²) < 4.78 is 12.1. The third-order valence-corrected chi connectivity index (χ3v) is 8.18. The molecule has 0 aromatic heterocycles. The third kappa shape index (κ3) is 4.72. The number of fused-ring (bicyclic) bond motifs is 2. The number of nitrogens with two attached hydrogens (primary N) is 1. The molecule has 0 saturated carbocycles. The van der Waals surface area contributed by atoms with Crippen LogP contribution in [0.5, 0.6) is 11.5 Å². The van der Waals surface area contributed by atoms with Crippen LogP contribution >= 0.6 is 0 Å². The van der Waals surface area contributed by atoms with E-state index in [0.29, 0.717) is 37.2 Å². The number of amides is 2. The first-order valence-corrected chi connectivity index (χ1v) is 13.6. The zero-order valence-corrected chi connectivity index (χ0v) is 23.0. The summed E-state index contributed by atoms with van der Waals surface area (Å²) in [6.07, 6.45) is 3.06. The van der Waals surface area contributed by atoms with Crippen molar-refractivity contribution in [2.75, 3.05) is 6.61 Å². The number of benzene rings is 2. The molecule has 0 spiro atoms. The molecule has 0 unspecified atom stereocenters. The summed E-state index contributed by atoms with van der Waals surface area (Å²) >= 11 is 0. The number of carbonyl (C=O) groups excluding carboxylic acids is 2. The standard InChI is InChI=1S/C30H38N4O4/c1-6-30(7-2)17-26(35)34(28(31)33-30)23-12-13-37-24-11-9-19(15-21(23)24)27(36)32-22-16-29(4,5)38-25-10-8-18(3)14-20(22)25/h8-11,14-15,22-23H,6-7,12-13,16-17H2,1-5H3,(H2,31,33)(H,32,36)/t22-,23-/m1/s1. The minimum atomic E-state index is -0.445. The molecule has 3 N–H and O–H groups in total. The number of aryl methyl sites for hydroxylation is 1. The summed E-state index contributed by atoms with van der Waals surface area (Å²) in [6, 6.07) is 11.0. The zero-order chi connectivity index (χ0) is 27.2. The smallest absolute Gasteiger partial charge is 0.251 e. The number of rotatable bonds is 5. The van der Waals surface area contributed by atoms with E-state index in [0.717, 1.165) is 35.3 Å². The average molecular weight is 519 g/mol. The van der Waals surface area contributed by atoms with Crippen molar-refractivity contribution in [2.24, 2.45) is 10.7 Å². The highest BCUT2D eigenvalue weighted by Gasteiger charge is 2.42. The van der Waals surface area contributed by atoms with Gasteiger partial charge in [-0.1, -0.05) is 31.5 Å². The van der Waals surface area contributed by atoms with Crippen LogP contribution < -0.4 is 20.5 Å². The molecule has 0 bridgehead atoms. The van der Waals surface area contributed by atoms with Gasteiger partial charge in [-0.05, 0) is 57.9 Å². The van der Waals surface area contributed by atoms with Gasteiger partial charge < -0.3 is 20.5 Å². The molecule has 0 radical (unpaired) electrons. The summed E-state index contributed by atoms with van der Waals surface area (Å²) in [5.41, 5.74) is 8.94. The molecule has 38 heavy (non-hydrogen) atoms. The Bertz CT molecular complexity index is 1300. The minimum Gasteiger partial charge on any atom is -0.493 e. The van der Waals surface area contributed by atoms with Crippen LogP contribution in [0.3, 0.4) is 0 Å². The molecule has 202 valence electrons. The van der Waals surface area contributed by atoms with Crippen LogP contribution in [-0.2, 0) is 4.79 Å². The van der Waals surface area contributed by atoms with Crippen LogP contribution in [-0.4, -0.2) is 40.4 Å². The van der Waals surface area contributed by atoms with Crippen molar-refractivity contribution < 1.29 is 19.1 Å². The minimum absolute atomic E-state index is 0.0367. The van der Waals surface area contributed by atoms with Gasteiger partial charge in [0.15, 0.2) is 5.96 Å². The predicted octanol–water partition coefficient (Wildman–Crippen LogP) is 4.96. The van der Waals surface area contributed by atoms with Crippen LogP contribution in [0.15, 0.2) is 41.4 Å². The lowest BCUT2D eigenvalue weighted by atomic mass is 9.86. The lowest BCUT2D eigenvalue weighted by Gasteiger charge is -2.41. The molecule has 2 amide bonds. The van der Waals surface area contributed by atoms with E-state index in [4.69, 9.17) is 20.2 Å². The Morgan fingerprint density at radius 3 is 2.58 bits per heavy atom. The van der Waals surface area contributed by atoms with Gasteiger partial charge >= 0.3 is 0 Å². The zero-order valence-electron chi connectivity index (χ0n) is 23.0. The van der Waals surface area contributed by atoms with Crippen molar-refractivity contribution in [2.45, 2.75) is 89.9 Å². The summed E-state index contributed by atoms with van der Waals surface area (Å²) in [4.78, 5) is 33.3. The van der Waals surface area contributed by atoms with Crippen LogP contribution in [0.4, 0.5) is 0 Å². The van der Waals surface area contributed by atoms with Gasteiger partial charge in [0.2, 0.25) is 5.91 Å². The van der Waals surface area contributed by atoms with Crippen molar-refractivity contribution >= 4 is 17.8 Å². The first-order chi connectivity index (χ1) is 18.0. The third-order valence-electron chi connectivity index (χ3n) is 8.18. The molecular formula is C30H38N4O4. The maximum atomic E-state index is 13.6. The monoisotopic (exact) mass is 518 g/mol. The molecule has 8 nitrogen and oxygen atoms in total. The maximum absolute atomic E-state index is 13.6. The molecule has 3 aliphatic heterocycles. The van der Waals surface area contributed by atoms with Crippen molar-refractivity contribution in [1.29, 1.82) is 0 Å². The molecule has 0 fully saturated rings. The van der Waals surface area contributed by atoms with Gasteiger partial charge in [-0.15, -0.1) is 0 Å². The fourth-order valence-corrected chi connectivity index (χ4v) is 5.95. The van der Waals surface area contributed by atoms with E-state index in [1.807, 2.05) is 58.9 Å². The predicted molar refractivity (Wildman–Crippen MR) is 146 cm³/mol. The van der Waals surface area contributed by atoms with Crippen molar-refractivity contribution in [3.8, 4) is 11.5 Å². The lowest BCUT2D eigenvalue weighted by molar-refractivity contribution is -0.132. The number of hydrogen-bond donors (Lipinski definition) is 2. The van der Waals surface area contributed by atoms with E-state index >= 15 is 0 Å². The van der Waals surface area contributed by atoms with Gasteiger partial charge in [-0.2, -0.15) is 0 Å². The van der Waals surface area contributed by atoms with Gasteiger partial charge in [0, 0.05) is 29.5 Å². The van der Waals surface area contributed by atoms with E-state index < -0.39 is 11.1 Å². The number of guanidine groups is 1. The van der Waals surface area contributed by atoms with E-state index in [9.17, 15) is 9.59 Å². The fraction of sp³-hybridized carbons (Fsp3) is 0.500. The number of aliphatic imine (C=N–C) groups is 1. The molecule has 5 rings (SSSR count). The Morgan fingerprint density at radius 2 is 1.87 bits per heavy atom. The van der Waals surface area contributed by atoms with E-state index in [-0.39, 0.29) is 29.9 Å². The molecule has 2 aromatic carbocycles. The largest absolute Gasteiger partial charge is 0.493 e. The van der Waals surface area contributed by atoms with Gasteiger partial charge in [0.05, 0.1) is 30.7 Å². The summed E-state index contributed by atoms with van der Waals surface area (Å²) in [7, 11) is 0. The highest BCUT2D eigenvalue weighted by molar-refractivity contribution is 6.00. The summed E-state index contributed by atoms with van der Waals surface area (Å²) in [5.74, 6) is 1.48. The highest BCUT2D eigenvalue weighted by Crippen LogP contribution is 2.42. The number of hydrogen-bond acceptors (Lipinski definition) is 6. The molecule has 2 aromatic rings. The first kappa shape index (κ1) is 26.1. The molecule has 0 aliphatic carbocycles. The molecule has 0 saturated heterocycles. The Labute approximate surface area is 224 Å². The molecule has 3 heterocycles. The van der Waals surface area contributed by atoms with Crippen molar-refractivity contribution in [3.63, 3.8) is 0 Å². The van der Waals surface area contributed by atoms with E-state index in [1.165, 1.54) is 0 Å². The fourth-order valence-electron chi connectivity index (χ4n) is 5.95. The second-order valence-electron chi connectivity index (χ2n) is 11.4. The van der Waals surface area contributed by atoms with Crippen molar-refractivity contribution in [1.82, 2.24) is 10.2 Å². The Hall–Kier alpha value is -3.55. The Morgan fingerprint density at radius 1 is 1.13 bits per heavy atom. The van der Waals surface area contributed by atoms with E-state index in [2.05, 4.69) is 11.4 Å². The number of carbonyl (C=O) groups is 2. The van der Waals surface area contributed by atoms with Crippen LogP contribution in [0.25, 0.3) is 0 Å². The topological polar surface area (TPSA) is 106 Å². The summed E-state index contributed by atoms with van der Waals surface area (Å²) in [5, 5.41) is 3.23. The van der Waals surface area contributed by atoms with Crippen LogP contribution in [0.2, 0.25) is 0 Å². The Kier molecular flexibility index (Phi) is 6.61. The SMILES string of the molecule is CCC1(CC)CC(=O)N([C@@H]2CCOc3ccc(C(=O)N[C@@H]4CC(C)(C)Oc5ccc(C)cc54)cc32)C(N)=N1. The lowest BCUT2D eigenvalue weighted by Crippen LogP contribution is -2.53. The Balaban J connectivity index is 1.44. The van der Waals surface area contributed by atoms with Gasteiger partial charge in [0.1, 0.15) is 17.1 Å². The first-order valence-electron chi connectivity index (χ1n) is 13.6. The van der Waals surface area contributed by atoms with E-state index in [1.54, 1.807) is 11.0 Å². The summed E-state index contributed by atoms with van der Waals surface area (Å²) in [6.45, 7) is 10.6. The number of nitrogens with one attached hydrogen (secondary N) is 1. The molecule has 2 atom stereocenters. The van der Waals surface area contributed by atoms with Crippen molar-refractivity contribution in [3.05, 3.63) is 58.7 Å². The molecule has 3 aliphatic rings. The second kappa shape index (κ2) is 9.64. The maximum Gasteiger partial charge on any atom is 0.251 e. The van der Waals surface area contributed by atoms with Crippen LogP contribution in [0, 0.1) is 6.92 Å². The quantitative estimate of drug-likeness (QED) is 0.582. The van der Waals surface area contributed by atoms with Gasteiger partial charge in [-0.3, -0.25) is 14.5 Å². The normalized spacial score (nSPS) is 23.3. The van der Waals surface area contributed by atoms with Crippen LogP contribution in [0.1, 0.15) is 98.9 Å². The second-order valence-corrected chi connectivity index (χ2v) is 11.4. The molecular weight excluding hydrogens is 480 g/mol.